The minimum Gasteiger partial charge on any atom is -0.336 e. The Morgan fingerprint density at radius 3 is 2.81 bits per heavy atom. The van der Waals surface area contributed by atoms with Gasteiger partial charge in [0.15, 0.2) is 0 Å². The van der Waals surface area contributed by atoms with Gasteiger partial charge in [0.25, 0.3) is 0 Å². The number of carbonyl (C=O) groups is 2. The van der Waals surface area contributed by atoms with Crippen molar-refractivity contribution in [2.24, 2.45) is 0 Å². The van der Waals surface area contributed by atoms with E-state index in [4.69, 9.17) is 0 Å². The van der Waals surface area contributed by atoms with E-state index in [1.165, 1.54) is 0 Å². The van der Waals surface area contributed by atoms with Gasteiger partial charge in [-0.1, -0.05) is 0 Å². The Morgan fingerprint density at radius 1 is 1.38 bits per heavy atom. The average Bonchev–Trinajstić information content (AvgIpc) is 3.01. The van der Waals surface area contributed by atoms with Gasteiger partial charge >= 0.3 is 6.03 Å². The van der Waals surface area contributed by atoms with E-state index in [9.17, 15) is 9.59 Å². The van der Waals surface area contributed by atoms with Gasteiger partial charge in [0.2, 0.25) is 11.9 Å². The summed E-state index contributed by atoms with van der Waals surface area (Å²) in [6.45, 7) is 7.97. The van der Waals surface area contributed by atoms with Gasteiger partial charge in [0, 0.05) is 44.0 Å². The van der Waals surface area contributed by atoms with Crippen LogP contribution in [0.4, 0.5) is 10.7 Å². The Kier molecular flexibility index (Phi) is 3.15. The number of anilines is 1. The number of nitrogens with zero attached hydrogens (tertiary/aromatic N) is 4. The van der Waals surface area contributed by atoms with Crippen LogP contribution in [0.15, 0.2) is 12.4 Å². The van der Waals surface area contributed by atoms with E-state index in [1.807, 2.05) is 36.4 Å². The van der Waals surface area contributed by atoms with E-state index in [1.54, 1.807) is 11.1 Å². The smallest absolute Gasteiger partial charge is 0.324 e. The van der Waals surface area contributed by atoms with Gasteiger partial charge in [0.05, 0.1) is 6.04 Å². The highest BCUT2D eigenvalue weighted by Crippen LogP contribution is 2.23. The van der Waals surface area contributed by atoms with E-state index in [-0.39, 0.29) is 23.5 Å². The molecule has 0 bridgehead atoms. The zero-order valence-electron chi connectivity index (χ0n) is 12.7. The summed E-state index contributed by atoms with van der Waals surface area (Å²) in [4.78, 5) is 32.0. The largest absolute Gasteiger partial charge is 0.336 e. The number of aromatic nitrogens is 2. The lowest BCUT2D eigenvalue weighted by molar-refractivity contribution is -0.131. The van der Waals surface area contributed by atoms with Crippen LogP contribution in [-0.4, -0.2) is 51.1 Å². The van der Waals surface area contributed by atoms with Crippen molar-refractivity contribution in [3.8, 4) is 0 Å². The van der Waals surface area contributed by atoms with Crippen molar-refractivity contribution >= 4 is 17.9 Å². The second-order valence-electron chi connectivity index (χ2n) is 6.60. The molecule has 114 valence electrons. The Morgan fingerprint density at radius 2 is 2.14 bits per heavy atom. The normalized spacial score (nSPS) is 21.9. The van der Waals surface area contributed by atoms with Gasteiger partial charge in [-0.2, -0.15) is 0 Å². The highest BCUT2D eigenvalue weighted by molar-refractivity contribution is 5.92. The maximum atomic E-state index is 12.4. The molecule has 21 heavy (non-hydrogen) atoms. The first-order chi connectivity index (χ1) is 9.86. The molecule has 2 aliphatic heterocycles. The highest BCUT2D eigenvalue weighted by atomic mass is 16.2. The Balaban J connectivity index is 1.64. The molecule has 0 aromatic carbocycles. The van der Waals surface area contributed by atoms with Crippen molar-refractivity contribution in [3.63, 3.8) is 0 Å². The third kappa shape index (κ3) is 2.48. The molecule has 3 rings (SSSR count). The SMILES string of the molecule is CC(C)(C)N1CC(NC(=O)N2CCn3ccnc32)CC1=O. The maximum absolute atomic E-state index is 12.4. The lowest BCUT2D eigenvalue weighted by Crippen LogP contribution is -2.47. The fraction of sp³-hybridized carbons (Fsp3) is 0.643. The summed E-state index contributed by atoms with van der Waals surface area (Å²) in [6.07, 6.45) is 3.92. The minimum atomic E-state index is -0.208. The first-order valence-corrected chi connectivity index (χ1v) is 7.26. The number of urea groups is 1. The monoisotopic (exact) mass is 291 g/mol. The van der Waals surface area contributed by atoms with Crippen molar-refractivity contribution in [2.75, 3.05) is 18.0 Å². The van der Waals surface area contributed by atoms with Crippen molar-refractivity contribution in [1.82, 2.24) is 19.8 Å². The molecule has 1 saturated heterocycles. The summed E-state index contributed by atoms with van der Waals surface area (Å²) in [5.74, 6) is 0.764. The molecule has 1 fully saturated rings. The third-order valence-electron chi connectivity index (χ3n) is 4.01. The van der Waals surface area contributed by atoms with Crippen LogP contribution in [0.3, 0.4) is 0 Å². The molecule has 1 atom stereocenters. The summed E-state index contributed by atoms with van der Waals surface area (Å²) in [5.41, 5.74) is -0.208. The average molecular weight is 291 g/mol. The molecule has 2 aliphatic rings. The molecule has 3 heterocycles. The predicted octanol–water partition coefficient (Wildman–Crippen LogP) is 0.812. The summed E-state index contributed by atoms with van der Waals surface area (Å²) < 4.78 is 1.95. The number of imidazole rings is 1. The number of hydrogen-bond acceptors (Lipinski definition) is 3. The van der Waals surface area contributed by atoms with Gasteiger partial charge in [-0.05, 0) is 20.8 Å². The Hall–Kier alpha value is -2.05. The third-order valence-corrected chi connectivity index (χ3v) is 4.01. The summed E-state index contributed by atoms with van der Waals surface area (Å²) in [7, 11) is 0. The van der Waals surface area contributed by atoms with Gasteiger partial charge in [-0.3, -0.25) is 9.69 Å². The van der Waals surface area contributed by atoms with Crippen LogP contribution in [0.2, 0.25) is 0 Å². The highest BCUT2D eigenvalue weighted by Gasteiger charge is 2.38. The van der Waals surface area contributed by atoms with Gasteiger partial charge < -0.3 is 14.8 Å². The number of carbonyl (C=O) groups excluding carboxylic acids is 2. The molecular formula is C14H21N5O2. The zero-order valence-corrected chi connectivity index (χ0v) is 12.7. The topological polar surface area (TPSA) is 70.5 Å². The lowest BCUT2D eigenvalue weighted by atomic mass is 10.1. The molecule has 0 spiro atoms. The first-order valence-electron chi connectivity index (χ1n) is 7.26. The van der Waals surface area contributed by atoms with E-state index in [0.717, 1.165) is 6.54 Å². The van der Waals surface area contributed by atoms with Crippen molar-refractivity contribution < 1.29 is 9.59 Å². The summed E-state index contributed by atoms with van der Waals surface area (Å²) in [5, 5.41) is 2.96. The Bertz CT molecular complexity index is 574. The van der Waals surface area contributed by atoms with E-state index in [2.05, 4.69) is 10.3 Å². The fourth-order valence-corrected chi connectivity index (χ4v) is 2.93. The van der Waals surface area contributed by atoms with E-state index < -0.39 is 0 Å². The predicted molar refractivity (Wildman–Crippen MR) is 78.0 cm³/mol. The maximum Gasteiger partial charge on any atom is 0.324 e. The number of rotatable bonds is 1. The quantitative estimate of drug-likeness (QED) is 0.832. The van der Waals surface area contributed by atoms with Crippen LogP contribution < -0.4 is 10.2 Å². The number of fused-ring (bicyclic) bond motifs is 1. The second kappa shape index (κ2) is 4.75. The van der Waals surface area contributed by atoms with Crippen molar-refractivity contribution in [3.05, 3.63) is 12.4 Å². The summed E-state index contributed by atoms with van der Waals surface area (Å²) >= 11 is 0. The fourth-order valence-electron chi connectivity index (χ4n) is 2.93. The van der Waals surface area contributed by atoms with Crippen molar-refractivity contribution in [2.45, 2.75) is 45.3 Å². The standard InChI is InChI=1S/C14H21N5O2/c1-14(2,3)19-9-10(8-11(19)20)16-13(21)18-7-6-17-5-4-15-12(17)18/h4-5,10H,6-9H2,1-3H3,(H,16,21). The zero-order chi connectivity index (χ0) is 15.2. The number of hydrogen-bond donors (Lipinski definition) is 1. The van der Waals surface area contributed by atoms with Crippen LogP contribution in [-0.2, 0) is 11.3 Å². The lowest BCUT2D eigenvalue weighted by Gasteiger charge is -2.32. The molecule has 1 aromatic heterocycles. The molecule has 0 radical (unpaired) electrons. The number of likely N-dealkylation sites (tertiary alicyclic amines) is 1. The molecule has 7 nitrogen and oxygen atoms in total. The van der Waals surface area contributed by atoms with Crippen LogP contribution in [0.25, 0.3) is 0 Å². The van der Waals surface area contributed by atoms with Crippen LogP contribution >= 0.6 is 0 Å². The molecule has 1 aromatic rings. The van der Waals surface area contributed by atoms with Crippen LogP contribution in [0.1, 0.15) is 27.2 Å². The minimum absolute atomic E-state index is 0.0933. The number of amides is 3. The van der Waals surface area contributed by atoms with Crippen LogP contribution in [0, 0.1) is 0 Å². The van der Waals surface area contributed by atoms with Gasteiger partial charge in [0.1, 0.15) is 0 Å². The molecule has 1 N–H and O–H groups in total. The first kappa shape index (κ1) is 13.9. The summed E-state index contributed by atoms with van der Waals surface area (Å²) in [6, 6.07) is -0.304. The number of nitrogens with one attached hydrogen (secondary N) is 1. The Labute approximate surface area is 123 Å². The molecule has 1 unspecified atom stereocenters. The molecule has 0 aliphatic carbocycles. The van der Waals surface area contributed by atoms with E-state index >= 15 is 0 Å². The second-order valence-corrected chi connectivity index (χ2v) is 6.60. The van der Waals surface area contributed by atoms with Gasteiger partial charge in [-0.15, -0.1) is 0 Å². The van der Waals surface area contributed by atoms with Crippen LogP contribution in [0.5, 0.6) is 0 Å². The van der Waals surface area contributed by atoms with E-state index in [0.29, 0.717) is 25.5 Å². The molecule has 3 amide bonds. The molecular weight excluding hydrogens is 270 g/mol. The molecule has 0 saturated carbocycles. The van der Waals surface area contributed by atoms with Crippen molar-refractivity contribution in [1.29, 1.82) is 0 Å². The molecule has 7 heteroatoms. The van der Waals surface area contributed by atoms with Gasteiger partial charge in [-0.25, -0.2) is 9.78 Å².